The quantitative estimate of drug-likeness (QED) is 0.391. The molecule has 7 rings (SSSR count). The van der Waals surface area contributed by atoms with E-state index in [1.165, 1.54) is 12.5 Å². The van der Waals surface area contributed by atoms with Gasteiger partial charge in [-0.1, -0.05) is 29.8 Å². The minimum absolute atomic E-state index is 0.0361. The number of alkyl halides is 3. The minimum atomic E-state index is -4.72. The van der Waals surface area contributed by atoms with Crippen LogP contribution < -0.4 is 11.1 Å². The zero-order valence-electron chi connectivity index (χ0n) is 29.0. The van der Waals surface area contributed by atoms with Crippen molar-refractivity contribution in [2.24, 2.45) is 5.92 Å². The van der Waals surface area contributed by atoms with E-state index >= 15 is 0 Å². The van der Waals surface area contributed by atoms with Gasteiger partial charge in [-0.15, -0.1) is 0 Å². The molecular weight excluding hydrogens is 683 g/mol. The molecule has 2 unspecified atom stereocenters. The molecule has 5 heterocycles. The highest BCUT2D eigenvalue weighted by atomic mass is 35.5. The number of rotatable bonds is 7. The van der Waals surface area contributed by atoms with Crippen molar-refractivity contribution in [3.8, 4) is 0 Å². The van der Waals surface area contributed by atoms with E-state index in [0.29, 0.717) is 63.7 Å². The Hall–Kier alpha value is -3.55. The number of halogens is 4. The van der Waals surface area contributed by atoms with E-state index in [1.807, 2.05) is 29.2 Å². The summed E-state index contributed by atoms with van der Waals surface area (Å²) in [5.41, 5.74) is 6.22. The molecule has 3 atom stereocenters. The average molecular weight is 730 g/mol. The van der Waals surface area contributed by atoms with Gasteiger partial charge in [0.2, 0.25) is 11.8 Å². The number of fused-ring (bicyclic) bond motifs is 3. The van der Waals surface area contributed by atoms with E-state index in [-0.39, 0.29) is 47.3 Å². The van der Waals surface area contributed by atoms with E-state index < -0.39 is 23.3 Å². The van der Waals surface area contributed by atoms with Gasteiger partial charge < -0.3 is 30.7 Å². The van der Waals surface area contributed by atoms with E-state index in [0.717, 1.165) is 49.7 Å². The van der Waals surface area contributed by atoms with Crippen LogP contribution in [0.2, 0.25) is 5.02 Å². The molecule has 0 saturated carbocycles. The van der Waals surface area contributed by atoms with E-state index in [9.17, 15) is 27.6 Å². The van der Waals surface area contributed by atoms with E-state index in [2.05, 4.69) is 22.2 Å². The summed E-state index contributed by atoms with van der Waals surface area (Å²) in [6.45, 7) is 4.62. The van der Waals surface area contributed by atoms with Crippen molar-refractivity contribution >= 4 is 40.8 Å². The number of hydrogen-bond donors (Lipinski definition) is 2. The number of nitrogens with one attached hydrogen (secondary N) is 1. The minimum Gasteiger partial charge on any atom is -0.397 e. The van der Waals surface area contributed by atoms with Gasteiger partial charge in [-0.2, -0.15) is 13.2 Å². The standard InChI is InChI=1S/C37H47ClF3N7O3/c1-44-21-29-20-28(44)22-48(29)27-9-13-46(14-10-27)35(50)25(16-23-17-30(37(39,40)41)34(42)31(38)18-23)19-33(49)45-11-7-26(8-12-45)47-15-6-24-4-2-3-5-32(24)43-36(47)51/h2-5,17-18,25-29H,6-16,19-22,42H2,1H3,(H,43,51)/t25?,28?,29-/m0/s1. The topological polar surface area (TPSA) is 105 Å². The molecule has 5 aliphatic heterocycles. The Morgan fingerprint density at radius 2 is 1.63 bits per heavy atom. The van der Waals surface area contributed by atoms with Gasteiger partial charge in [-0.25, -0.2) is 4.79 Å². The van der Waals surface area contributed by atoms with Crippen molar-refractivity contribution in [3.05, 3.63) is 58.1 Å². The molecule has 14 heteroatoms. The number of para-hydroxylation sites is 1. The molecule has 0 radical (unpaired) electrons. The Labute approximate surface area is 302 Å². The number of benzene rings is 2. The average Bonchev–Trinajstić information content (AvgIpc) is 3.64. The van der Waals surface area contributed by atoms with Crippen molar-refractivity contribution in [3.63, 3.8) is 0 Å². The lowest BCUT2D eigenvalue weighted by atomic mass is 9.91. The first kappa shape index (κ1) is 35.8. The monoisotopic (exact) mass is 729 g/mol. The zero-order valence-corrected chi connectivity index (χ0v) is 29.8. The fourth-order valence-electron chi connectivity index (χ4n) is 9.08. The second-order valence-electron chi connectivity index (χ2n) is 15.0. The lowest BCUT2D eigenvalue weighted by Gasteiger charge is -2.42. The molecule has 0 aromatic heterocycles. The molecule has 10 nitrogen and oxygen atoms in total. The normalized spacial score (nSPS) is 24.4. The first-order valence-corrected chi connectivity index (χ1v) is 18.6. The van der Waals surface area contributed by atoms with Crippen molar-refractivity contribution < 1.29 is 27.6 Å². The first-order chi connectivity index (χ1) is 24.4. The summed E-state index contributed by atoms with van der Waals surface area (Å²) >= 11 is 6.17. The molecule has 0 spiro atoms. The molecule has 5 aliphatic rings. The van der Waals surface area contributed by atoms with Crippen LogP contribution >= 0.6 is 11.6 Å². The number of hydrogen-bond acceptors (Lipinski definition) is 6. The summed E-state index contributed by atoms with van der Waals surface area (Å²) in [6.07, 6.45) is -0.159. The Morgan fingerprint density at radius 1 is 0.941 bits per heavy atom. The maximum Gasteiger partial charge on any atom is 0.418 e. The van der Waals surface area contributed by atoms with Crippen LogP contribution in [0.4, 0.5) is 29.3 Å². The summed E-state index contributed by atoms with van der Waals surface area (Å²) in [7, 11) is 2.17. The van der Waals surface area contributed by atoms with Crippen LogP contribution in [-0.4, -0.2) is 119 Å². The molecule has 2 aromatic carbocycles. The van der Waals surface area contributed by atoms with Crippen LogP contribution in [0.3, 0.4) is 0 Å². The number of carbonyl (C=O) groups excluding carboxylic acids is 3. The third kappa shape index (κ3) is 7.52. The fraction of sp³-hybridized carbons (Fsp3) is 0.595. The summed E-state index contributed by atoms with van der Waals surface area (Å²) in [4.78, 5) is 51.5. The number of nitrogen functional groups attached to an aromatic ring is 1. The van der Waals surface area contributed by atoms with Crippen LogP contribution in [0, 0.1) is 5.92 Å². The van der Waals surface area contributed by atoms with Gasteiger partial charge in [0.25, 0.3) is 0 Å². The Kier molecular flexibility index (Phi) is 10.2. The second-order valence-corrected chi connectivity index (χ2v) is 15.4. The fourth-order valence-corrected chi connectivity index (χ4v) is 9.32. The number of anilines is 2. The molecule has 2 aromatic rings. The number of amides is 4. The number of piperidine rings is 2. The van der Waals surface area contributed by atoms with Crippen LogP contribution in [-0.2, 0) is 28.6 Å². The van der Waals surface area contributed by atoms with Gasteiger partial charge in [0.15, 0.2) is 0 Å². The van der Waals surface area contributed by atoms with Crippen molar-refractivity contribution in [2.75, 3.05) is 63.9 Å². The number of likely N-dealkylation sites (N-methyl/N-ethyl adjacent to an activating group) is 1. The summed E-state index contributed by atoms with van der Waals surface area (Å²) < 4.78 is 41.6. The van der Waals surface area contributed by atoms with E-state index in [1.54, 1.807) is 9.80 Å². The highest BCUT2D eigenvalue weighted by Gasteiger charge is 2.45. The van der Waals surface area contributed by atoms with Gasteiger partial charge in [-0.05, 0) is 81.3 Å². The molecule has 4 fully saturated rings. The van der Waals surface area contributed by atoms with Crippen LogP contribution in [0.15, 0.2) is 36.4 Å². The zero-order chi connectivity index (χ0) is 36.0. The lowest BCUT2D eigenvalue weighted by molar-refractivity contribution is -0.143. The predicted molar refractivity (Wildman–Crippen MR) is 189 cm³/mol. The Bertz CT molecular complexity index is 1640. The van der Waals surface area contributed by atoms with Gasteiger partial charge in [0.1, 0.15) is 0 Å². The summed E-state index contributed by atoms with van der Waals surface area (Å²) in [6, 6.07) is 11.4. The molecular formula is C37H47ClF3N7O3. The van der Waals surface area contributed by atoms with Gasteiger partial charge in [0, 0.05) is 82.1 Å². The molecule has 3 N–H and O–H groups in total. The molecule has 0 aliphatic carbocycles. The number of urea groups is 1. The van der Waals surface area contributed by atoms with Gasteiger partial charge >= 0.3 is 12.2 Å². The third-order valence-electron chi connectivity index (χ3n) is 11.9. The summed E-state index contributed by atoms with van der Waals surface area (Å²) in [5, 5.41) is 2.79. The predicted octanol–water partition coefficient (Wildman–Crippen LogP) is 4.95. The van der Waals surface area contributed by atoms with Crippen LogP contribution in [0.25, 0.3) is 0 Å². The number of carbonyl (C=O) groups is 3. The largest absolute Gasteiger partial charge is 0.418 e. The highest BCUT2D eigenvalue weighted by molar-refractivity contribution is 6.33. The molecule has 4 amide bonds. The van der Waals surface area contributed by atoms with Gasteiger partial charge in [-0.3, -0.25) is 14.5 Å². The molecule has 4 saturated heterocycles. The highest BCUT2D eigenvalue weighted by Crippen LogP contribution is 2.39. The smallest absolute Gasteiger partial charge is 0.397 e. The van der Waals surface area contributed by atoms with Crippen molar-refractivity contribution in [1.29, 1.82) is 0 Å². The Morgan fingerprint density at radius 3 is 2.29 bits per heavy atom. The number of nitrogens with two attached hydrogens (primary N) is 1. The molecule has 276 valence electrons. The third-order valence-corrected chi connectivity index (χ3v) is 12.3. The van der Waals surface area contributed by atoms with Gasteiger partial charge in [0.05, 0.1) is 22.2 Å². The Balaban J connectivity index is 1.02. The number of nitrogens with zero attached hydrogens (tertiary/aromatic N) is 5. The number of likely N-dealkylation sites (tertiary alicyclic amines) is 4. The second kappa shape index (κ2) is 14.5. The molecule has 51 heavy (non-hydrogen) atoms. The summed E-state index contributed by atoms with van der Waals surface area (Å²) in [5.74, 6) is -1.30. The molecule has 2 bridgehead atoms. The lowest BCUT2D eigenvalue weighted by Crippen LogP contribution is -2.54. The van der Waals surface area contributed by atoms with Crippen LogP contribution in [0.1, 0.15) is 55.2 Å². The SMILES string of the molecule is CN1C[C@@H]2CC1CN2C1CCN(C(=O)C(CC(=O)N2CCC(N3CCc4ccccc4NC3=O)CC2)Cc2cc(Cl)c(N)c(C(F)(F)F)c2)CC1. The van der Waals surface area contributed by atoms with Crippen molar-refractivity contribution in [1.82, 2.24) is 24.5 Å². The van der Waals surface area contributed by atoms with E-state index in [4.69, 9.17) is 17.3 Å². The maximum atomic E-state index is 14.2. The maximum absolute atomic E-state index is 14.2. The number of piperazine rings is 1. The van der Waals surface area contributed by atoms with Crippen LogP contribution in [0.5, 0.6) is 0 Å². The first-order valence-electron chi connectivity index (χ1n) is 18.2. The van der Waals surface area contributed by atoms with Crippen molar-refractivity contribution in [2.45, 2.75) is 81.7 Å².